The summed E-state index contributed by atoms with van der Waals surface area (Å²) in [6.07, 6.45) is 0. The molecule has 1 unspecified atom stereocenters. The average Bonchev–Trinajstić information content (AvgIpc) is 2.44. The van der Waals surface area contributed by atoms with Crippen LogP contribution in [0.1, 0.15) is 24.1 Å². The van der Waals surface area contributed by atoms with Crippen LogP contribution in [0.2, 0.25) is 0 Å². The molecule has 0 aliphatic rings. The van der Waals surface area contributed by atoms with Gasteiger partial charge in [0, 0.05) is 17.7 Å². The number of ether oxygens (including phenoxy) is 2. The zero-order valence-corrected chi connectivity index (χ0v) is 11.6. The third kappa shape index (κ3) is 3.48. The van der Waals surface area contributed by atoms with Gasteiger partial charge in [0.15, 0.2) is 0 Å². The molecule has 0 saturated heterocycles. The van der Waals surface area contributed by atoms with E-state index in [1.807, 2.05) is 25.1 Å². The highest BCUT2D eigenvalue weighted by atomic mass is 19.1. The maximum Gasteiger partial charge on any atom is 0.128 e. The van der Waals surface area contributed by atoms with Gasteiger partial charge in [0.05, 0.1) is 7.11 Å². The molecule has 3 nitrogen and oxygen atoms in total. The first kappa shape index (κ1) is 14.3. The highest BCUT2D eigenvalue weighted by molar-refractivity contribution is 5.42. The molecule has 1 atom stereocenters. The number of rotatable bonds is 5. The molecular weight excluding hydrogens is 257 g/mol. The van der Waals surface area contributed by atoms with E-state index in [0.717, 1.165) is 11.1 Å². The largest absolute Gasteiger partial charge is 0.497 e. The van der Waals surface area contributed by atoms with Crippen molar-refractivity contribution in [2.75, 3.05) is 7.11 Å². The zero-order chi connectivity index (χ0) is 14.5. The van der Waals surface area contributed by atoms with Gasteiger partial charge in [-0.05, 0) is 30.7 Å². The molecule has 0 fully saturated rings. The molecule has 2 aromatic rings. The Morgan fingerprint density at radius 1 is 1.20 bits per heavy atom. The highest BCUT2D eigenvalue weighted by Crippen LogP contribution is 2.29. The molecule has 20 heavy (non-hydrogen) atoms. The first-order valence-corrected chi connectivity index (χ1v) is 6.41. The van der Waals surface area contributed by atoms with Crippen LogP contribution >= 0.6 is 0 Å². The molecule has 2 aromatic carbocycles. The lowest BCUT2D eigenvalue weighted by molar-refractivity contribution is 0.298. The molecule has 0 radical (unpaired) electrons. The molecular formula is C16H18FNO2. The molecule has 0 spiro atoms. The molecule has 0 amide bonds. The molecule has 0 aromatic heterocycles. The van der Waals surface area contributed by atoms with Crippen LogP contribution < -0.4 is 15.2 Å². The maximum absolute atomic E-state index is 13.1. The fourth-order valence-electron chi connectivity index (χ4n) is 1.93. The quantitative estimate of drug-likeness (QED) is 0.909. The predicted molar refractivity (Wildman–Crippen MR) is 76.3 cm³/mol. The van der Waals surface area contributed by atoms with E-state index in [4.69, 9.17) is 15.2 Å². The summed E-state index contributed by atoms with van der Waals surface area (Å²) in [5.41, 5.74) is 7.58. The van der Waals surface area contributed by atoms with E-state index in [-0.39, 0.29) is 18.5 Å². The Kier molecular flexibility index (Phi) is 4.58. The minimum atomic E-state index is -0.274. The summed E-state index contributed by atoms with van der Waals surface area (Å²) in [5, 5.41) is 0. The third-order valence-electron chi connectivity index (χ3n) is 2.99. The van der Waals surface area contributed by atoms with Crippen LogP contribution in [0.3, 0.4) is 0 Å². The molecule has 0 bridgehead atoms. The molecule has 0 aliphatic carbocycles. The van der Waals surface area contributed by atoms with Gasteiger partial charge in [0.1, 0.15) is 23.9 Å². The molecule has 2 rings (SSSR count). The number of hydrogen-bond acceptors (Lipinski definition) is 3. The van der Waals surface area contributed by atoms with Gasteiger partial charge in [0.2, 0.25) is 0 Å². The Morgan fingerprint density at radius 3 is 2.65 bits per heavy atom. The summed E-state index contributed by atoms with van der Waals surface area (Å²) in [7, 11) is 1.59. The second-order valence-corrected chi connectivity index (χ2v) is 4.61. The van der Waals surface area contributed by atoms with Crippen LogP contribution in [0.15, 0.2) is 42.5 Å². The fraction of sp³-hybridized carbons (Fsp3) is 0.250. The van der Waals surface area contributed by atoms with Crippen molar-refractivity contribution >= 4 is 0 Å². The summed E-state index contributed by atoms with van der Waals surface area (Å²) in [4.78, 5) is 0. The molecule has 2 N–H and O–H groups in total. The smallest absolute Gasteiger partial charge is 0.128 e. The molecule has 0 saturated carbocycles. The van der Waals surface area contributed by atoms with Crippen molar-refractivity contribution in [2.24, 2.45) is 5.73 Å². The standard InChI is InChI=1S/C16H18FNO2/c1-11(18)15-7-6-14(19-2)9-16(15)20-10-12-4-3-5-13(17)8-12/h3-9,11H,10,18H2,1-2H3. The summed E-state index contributed by atoms with van der Waals surface area (Å²) >= 11 is 0. The Balaban J connectivity index is 2.19. The Morgan fingerprint density at radius 2 is 2.00 bits per heavy atom. The van der Waals surface area contributed by atoms with Gasteiger partial charge in [-0.15, -0.1) is 0 Å². The van der Waals surface area contributed by atoms with Crippen molar-refractivity contribution < 1.29 is 13.9 Å². The van der Waals surface area contributed by atoms with Crippen molar-refractivity contribution in [3.05, 3.63) is 59.4 Å². The summed E-state index contributed by atoms with van der Waals surface area (Å²) in [6.45, 7) is 2.17. The van der Waals surface area contributed by atoms with E-state index in [0.29, 0.717) is 11.5 Å². The minimum absolute atomic E-state index is 0.150. The number of hydrogen-bond donors (Lipinski definition) is 1. The van der Waals surface area contributed by atoms with Crippen LogP contribution in [0.25, 0.3) is 0 Å². The van der Waals surface area contributed by atoms with Gasteiger partial charge < -0.3 is 15.2 Å². The number of halogens is 1. The van der Waals surface area contributed by atoms with Gasteiger partial charge in [-0.25, -0.2) is 4.39 Å². The zero-order valence-electron chi connectivity index (χ0n) is 11.6. The van der Waals surface area contributed by atoms with E-state index in [1.165, 1.54) is 12.1 Å². The van der Waals surface area contributed by atoms with Crippen molar-refractivity contribution in [3.63, 3.8) is 0 Å². The van der Waals surface area contributed by atoms with Crippen molar-refractivity contribution in [1.82, 2.24) is 0 Å². The molecule has 0 aliphatic heterocycles. The average molecular weight is 275 g/mol. The second kappa shape index (κ2) is 6.39. The molecule has 4 heteroatoms. The SMILES string of the molecule is COc1ccc(C(C)N)c(OCc2cccc(F)c2)c1. The van der Waals surface area contributed by atoms with E-state index >= 15 is 0 Å². The van der Waals surface area contributed by atoms with Crippen LogP contribution in [0.4, 0.5) is 4.39 Å². The Hall–Kier alpha value is -2.07. The van der Waals surface area contributed by atoms with Crippen molar-refractivity contribution in [3.8, 4) is 11.5 Å². The van der Waals surface area contributed by atoms with Gasteiger partial charge in [-0.3, -0.25) is 0 Å². The lowest BCUT2D eigenvalue weighted by atomic mass is 10.1. The second-order valence-electron chi connectivity index (χ2n) is 4.61. The van der Waals surface area contributed by atoms with E-state index in [2.05, 4.69) is 0 Å². The van der Waals surface area contributed by atoms with Crippen LogP contribution in [0, 0.1) is 5.82 Å². The summed E-state index contributed by atoms with van der Waals surface area (Å²) in [5.74, 6) is 1.08. The van der Waals surface area contributed by atoms with Gasteiger partial charge >= 0.3 is 0 Å². The van der Waals surface area contributed by atoms with Gasteiger partial charge in [-0.1, -0.05) is 18.2 Å². The molecule has 0 heterocycles. The normalized spacial score (nSPS) is 12.0. The fourth-order valence-corrected chi connectivity index (χ4v) is 1.93. The summed E-state index contributed by atoms with van der Waals surface area (Å²) < 4.78 is 24.1. The van der Waals surface area contributed by atoms with E-state index in [1.54, 1.807) is 19.2 Å². The topological polar surface area (TPSA) is 44.5 Å². The van der Waals surface area contributed by atoms with Crippen molar-refractivity contribution in [2.45, 2.75) is 19.6 Å². The third-order valence-corrected chi connectivity index (χ3v) is 2.99. The van der Waals surface area contributed by atoms with Crippen LogP contribution in [-0.2, 0) is 6.61 Å². The maximum atomic E-state index is 13.1. The Bertz CT molecular complexity index is 584. The number of benzene rings is 2. The van der Waals surface area contributed by atoms with Crippen LogP contribution in [0.5, 0.6) is 11.5 Å². The Labute approximate surface area is 118 Å². The monoisotopic (exact) mass is 275 g/mol. The summed E-state index contributed by atoms with van der Waals surface area (Å²) in [6, 6.07) is 11.7. The van der Waals surface area contributed by atoms with Crippen molar-refractivity contribution in [1.29, 1.82) is 0 Å². The van der Waals surface area contributed by atoms with Crippen LogP contribution in [-0.4, -0.2) is 7.11 Å². The van der Waals surface area contributed by atoms with Gasteiger partial charge in [0.25, 0.3) is 0 Å². The first-order valence-electron chi connectivity index (χ1n) is 6.41. The number of methoxy groups -OCH3 is 1. The van der Waals surface area contributed by atoms with E-state index in [9.17, 15) is 4.39 Å². The number of nitrogens with two attached hydrogens (primary N) is 1. The molecule has 106 valence electrons. The lowest BCUT2D eigenvalue weighted by Gasteiger charge is -2.15. The highest BCUT2D eigenvalue weighted by Gasteiger charge is 2.10. The first-order chi connectivity index (χ1) is 9.60. The predicted octanol–water partition coefficient (Wildman–Crippen LogP) is 3.43. The lowest BCUT2D eigenvalue weighted by Crippen LogP contribution is -2.08. The van der Waals surface area contributed by atoms with Gasteiger partial charge in [-0.2, -0.15) is 0 Å². The minimum Gasteiger partial charge on any atom is -0.497 e. The van der Waals surface area contributed by atoms with E-state index < -0.39 is 0 Å².